The summed E-state index contributed by atoms with van der Waals surface area (Å²) in [6.45, 7) is 6.60. The minimum atomic E-state index is -0.917. The molecular weight excluding hydrogens is 686 g/mol. The van der Waals surface area contributed by atoms with Gasteiger partial charge in [0.1, 0.15) is 5.82 Å². The molecular formula is C44H44FN3O4S. The molecule has 1 N–H and O–H groups in total. The van der Waals surface area contributed by atoms with Gasteiger partial charge in [-0.25, -0.2) is 14.4 Å². The second kappa shape index (κ2) is 15.1. The highest BCUT2D eigenvalue weighted by atomic mass is 32.1. The molecule has 7 nitrogen and oxygen atoms in total. The highest BCUT2D eigenvalue weighted by Gasteiger charge is 2.39. The molecule has 53 heavy (non-hydrogen) atoms. The van der Waals surface area contributed by atoms with Gasteiger partial charge >= 0.3 is 5.97 Å². The number of carbonyl (C=O) groups excluding carboxylic acids is 2. The van der Waals surface area contributed by atoms with Crippen molar-refractivity contribution in [3.05, 3.63) is 118 Å². The van der Waals surface area contributed by atoms with Gasteiger partial charge in [0.2, 0.25) is 5.91 Å². The number of hydrogen-bond acceptors (Lipinski definition) is 6. The van der Waals surface area contributed by atoms with E-state index in [0.29, 0.717) is 34.2 Å². The molecule has 2 aliphatic rings. The van der Waals surface area contributed by atoms with Crippen LogP contribution in [0.25, 0.3) is 33.6 Å². The van der Waals surface area contributed by atoms with Crippen LogP contribution >= 0.6 is 11.3 Å². The van der Waals surface area contributed by atoms with E-state index in [1.807, 2.05) is 42.5 Å². The summed E-state index contributed by atoms with van der Waals surface area (Å²) in [7, 11) is 0. The molecule has 272 valence electrons. The van der Waals surface area contributed by atoms with Crippen LogP contribution in [0.3, 0.4) is 0 Å². The third-order valence-corrected chi connectivity index (χ3v) is 12.2. The Bertz CT molecular complexity index is 2110. The van der Waals surface area contributed by atoms with Crippen molar-refractivity contribution in [2.75, 3.05) is 13.1 Å². The van der Waals surface area contributed by atoms with Gasteiger partial charge in [-0.3, -0.25) is 14.4 Å². The van der Waals surface area contributed by atoms with Crippen molar-refractivity contribution in [3.8, 4) is 33.6 Å². The number of likely N-dealkylation sites (tertiary alicyclic amines) is 1. The fourth-order valence-corrected chi connectivity index (χ4v) is 8.37. The summed E-state index contributed by atoms with van der Waals surface area (Å²) < 4.78 is 15.4. The predicted octanol–water partition coefficient (Wildman–Crippen LogP) is 9.61. The van der Waals surface area contributed by atoms with Crippen LogP contribution in [0.5, 0.6) is 0 Å². The number of carboxylic acid groups (broad SMARTS) is 1. The van der Waals surface area contributed by atoms with Crippen molar-refractivity contribution in [1.29, 1.82) is 0 Å². The molecule has 5 aromatic rings. The lowest BCUT2D eigenvalue weighted by Gasteiger charge is -2.38. The van der Waals surface area contributed by atoms with Gasteiger partial charge in [0, 0.05) is 59.4 Å². The first-order valence-corrected chi connectivity index (χ1v) is 19.2. The van der Waals surface area contributed by atoms with E-state index in [2.05, 4.69) is 55.0 Å². The number of aromatic nitrogens is 2. The van der Waals surface area contributed by atoms with Crippen LogP contribution in [0.4, 0.5) is 4.39 Å². The molecule has 0 bridgehead atoms. The van der Waals surface area contributed by atoms with Crippen LogP contribution in [0, 0.1) is 17.7 Å². The average molecular weight is 730 g/mol. The van der Waals surface area contributed by atoms with Gasteiger partial charge in [-0.15, -0.1) is 11.3 Å². The van der Waals surface area contributed by atoms with E-state index in [4.69, 9.17) is 0 Å². The summed E-state index contributed by atoms with van der Waals surface area (Å²) in [4.78, 5) is 50.7. The molecule has 1 amide bonds. The second-order valence-corrected chi connectivity index (χ2v) is 16.6. The zero-order valence-electron chi connectivity index (χ0n) is 30.3. The summed E-state index contributed by atoms with van der Waals surface area (Å²) in [5, 5.41) is 9.34. The molecule has 1 saturated heterocycles. The maximum Gasteiger partial charge on any atom is 0.310 e. The van der Waals surface area contributed by atoms with Crippen LogP contribution in [0.1, 0.15) is 84.5 Å². The van der Waals surface area contributed by atoms with Crippen LogP contribution < -0.4 is 0 Å². The maximum atomic E-state index is 15.4. The predicted molar refractivity (Wildman–Crippen MR) is 206 cm³/mol. The van der Waals surface area contributed by atoms with E-state index >= 15 is 4.39 Å². The number of rotatable bonds is 11. The molecule has 2 fully saturated rings. The normalized spacial score (nSPS) is 15.7. The van der Waals surface area contributed by atoms with Gasteiger partial charge in [0.15, 0.2) is 11.6 Å². The van der Waals surface area contributed by atoms with Gasteiger partial charge in [-0.05, 0) is 71.0 Å². The molecule has 9 heteroatoms. The Morgan fingerprint density at radius 2 is 1.49 bits per heavy atom. The van der Waals surface area contributed by atoms with Gasteiger partial charge in [-0.2, -0.15) is 0 Å². The van der Waals surface area contributed by atoms with E-state index in [9.17, 15) is 19.5 Å². The van der Waals surface area contributed by atoms with Gasteiger partial charge in [0.05, 0.1) is 10.8 Å². The monoisotopic (exact) mass is 729 g/mol. The molecule has 1 atom stereocenters. The minimum Gasteiger partial charge on any atom is -0.481 e. The molecule has 3 aromatic carbocycles. The molecule has 0 unspecified atom stereocenters. The van der Waals surface area contributed by atoms with Crippen molar-refractivity contribution >= 4 is 29.0 Å². The number of carbonyl (C=O) groups is 3. The first-order chi connectivity index (χ1) is 25.4. The van der Waals surface area contributed by atoms with Gasteiger partial charge < -0.3 is 10.0 Å². The van der Waals surface area contributed by atoms with Crippen LogP contribution in [-0.2, 0) is 21.4 Å². The zero-order chi connectivity index (χ0) is 37.3. The number of aliphatic carboxylic acids is 1. The number of carboxylic acids is 1. The van der Waals surface area contributed by atoms with E-state index in [1.54, 1.807) is 29.4 Å². The first kappa shape index (κ1) is 36.3. The second-order valence-electron chi connectivity index (χ2n) is 15.5. The molecule has 3 heterocycles. The maximum absolute atomic E-state index is 15.4. The highest BCUT2D eigenvalue weighted by Crippen LogP contribution is 2.36. The lowest BCUT2D eigenvalue weighted by Crippen LogP contribution is -2.55. The number of hydrogen-bond donors (Lipinski definition) is 1. The first-order valence-electron chi connectivity index (χ1n) is 18.4. The Hall–Kier alpha value is -5.02. The number of amides is 1. The van der Waals surface area contributed by atoms with Crippen molar-refractivity contribution in [1.82, 2.24) is 14.9 Å². The molecule has 1 aliphatic heterocycles. The smallest absolute Gasteiger partial charge is 0.310 e. The van der Waals surface area contributed by atoms with Crippen molar-refractivity contribution in [2.45, 2.75) is 70.6 Å². The van der Waals surface area contributed by atoms with E-state index < -0.39 is 17.8 Å². The molecule has 1 saturated carbocycles. The summed E-state index contributed by atoms with van der Waals surface area (Å²) in [5.74, 6) is -1.64. The summed E-state index contributed by atoms with van der Waals surface area (Å²) in [5.41, 5.74) is 5.72. The molecule has 7 rings (SSSR count). The number of ketones is 1. The average Bonchev–Trinajstić information content (AvgIpc) is 3.85. The minimum absolute atomic E-state index is 0.0354. The quantitative estimate of drug-likeness (QED) is 0.136. The van der Waals surface area contributed by atoms with Gasteiger partial charge in [0.25, 0.3) is 0 Å². The number of Topliss-reactive ketones (excluding diaryl/α,β-unsaturated/α-hetero) is 1. The Morgan fingerprint density at radius 1 is 0.849 bits per heavy atom. The number of nitrogens with zero attached hydrogens (tertiary/aromatic N) is 3. The third kappa shape index (κ3) is 8.15. The lowest BCUT2D eigenvalue weighted by molar-refractivity contribution is -0.154. The van der Waals surface area contributed by atoms with Crippen LogP contribution in [0.15, 0.2) is 91.3 Å². The topological polar surface area (TPSA) is 100 Å². The SMILES string of the molecule is CC(C)(C)c1ccc(C(=O)C[C@@H](Cc2ccc(-c3ncc(-c4ccc(-c5ccc(C6CCCC6)cc5)cc4F)cn3)cc2)C(=O)N2CC(C(=O)O)C2)s1. The van der Waals surface area contributed by atoms with Gasteiger partial charge in [-0.1, -0.05) is 94.3 Å². The van der Waals surface area contributed by atoms with Crippen molar-refractivity contribution < 1.29 is 23.9 Å². The summed E-state index contributed by atoms with van der Waals surface area (Å²) >= 11 is 1.46. The highest BCUT2D eigenvalue weighted by molar-refractivity contribution is 7.14. The molecule has 0 spiro atoms. The van der Waals surface area contributed by atoms with Crippen molar-refractivity contribution in [3.63, 3.8) is 0 Å². The van der Waals surface area contributed by atoms with Crippen LogP contribution in [0.2, 0.25) is 0 Å². The van der Waals surface area contributed by atoms with E-state index in [0.717, 1.165) is 27.1 Å². The Kier molecular flexibility index (Phi) is 10.4. The van der Waals surface area contributed by atoms with Crippen LogP contribution in [-0.4, -0.2) is 50.7 Å². The zero-order valence-corrected chi connectivity index (χ0v) is 31.2. The number of thiophene rings is 1. The summed E-state index contributed by atoms with van der Waals surface area (Å²) in [6, 6.07) is 25.1. The third-order valence-electron chi connectivity index (χ3n) is 10.6. The fourth-order valence-electron chi connectivity index (χ4n) is 7.36. The van der Waals surface area contributed by atoms with E-state index in [1.165, 1.54) is 42.6 Å². The van der Waals surface area contributed by atoms with Crippen molar-refractivity contribution in [2.24, 2.45) is 11.8 Å². The fraction of sp³-hybridized carbons (Fsp3) is 0.341. The molecule has 1 aliphatic carbocycles. The number of halogens is 1. The molecule has 0 radical (unpaired) electrons. The Morgan fingerprint density at radius 3 is 2.09 bits per heavy atom. The Labute approximate surface area is 314 Å². The Balaban J connectivity index is 1.03. The lowest BCUT2D eigenvalue weighted by atomic mass is 9.89. The largest absolute Gasteiger partial charge is 0.481 e. The summed E-state index contributed by atoms with van der Waals surface area (Å²) in [6.07, 6.45) is 8.68. The standard InChI is InChI=1S/C44H44FN3O4S/c1-44(2,3)40-19-18-39(53-40)38(49)22-33(42(50)48-25-35(26-48)43(51)52)20-27-8-10-31(11-9-27)41-46-23-34(24-47-41)36-17-16-32(21-37(36)45)30-14-12-29(13-15-30)28-6-4-5-7-28/h8-19,21,23-24,28,33,35H,4-7,20,22,25-26H2,1-3H3,(H,51,52)/t33-/m1/s1. The van der Waals surface area contributed by atoms with E-state index in [-0.39, 0.29) is 42.4 Å². The molecule has 2 aromatic heterocycles. The number of benzene rings is 3.